The van der Waals surface area contributed by atoms with Crippen molar-refractivity contribution in [1.82, 2.24) is 15.5 Å². The number of rotatable bonds is 7. The van der Waals surface area contributed by atoms with Gasteiger partial charge in [-0.25, -0.2) is 0 Å². The zero-order valence-electron chi connectivity index (χ0n) is 9.79. The van der Waals surface area contributed by atoms with Gasteiger partial charge in [0.1, 0.15) is 0 Å². The number of H-pyrrole nitrogens is 1. The number of hydrogen-bond acceptors (Lipinski definition) is 3. The van der Waals surface area contributed by atoms with E-state index in [1.165, 1.54) is 0 Å². The first kappa shape index (κ1) is 12.2. The lowest BCUT2D eigenvalue weighted by Crippen LogP contribution is -2.21. The monoisotopic (exact) mass is 211 g/mol. The van der Waals surface area contributed by atoms with Crippen LogP contribution in [0.3, 0.4) is 0 Å². The Hall–Kier alpha value is -0.870. The largest absolute Gasteiger partial charge is 0.379 e. The van der Waals surface area contributed by atoms with Gasteiger partial charge in [-0.3, -0.25) is 5.10 Å². The summed E-state index contributed by atoms with van der Waals surface area (Å²) in [5.41, 5.74) is 1.12. The molecule has 1 unspecified atom stereocenters. The Bertz CT molecular complexity index is 246. The summed E-state index contributed by atoms with van der Waals surface area (Å²) in [7, 11) is 0. The Morgan fingerprint density at radius 1 is 1.47 bits per heavy atom. The molecule has 0 amide bonds. The van der Waals surface area contributed by atoms with Crippen molar-refractivity contribution < 1.29 is 4.74 Å². The second-order valence-electron chi connectivity index (χ2n) is 3.96. The fourth-order valence-electron chi connectivity index (χ4n) is 1.33. The van der Waals surface area contributed by atoms with Crippen LogP contribution < -0.4 is 5.32 Å². The number of nitrogens with zero attached hydrogens (tertiary/aromatic N) is 1. The van der Waals surface area contributed by atoms with Gasteiger partial charge >= 0.3 is 0 Å². The first-order valence-electron chi connectivity index (χ1n) is 5.54. The van der Waals surface area contributed by atoms with Crippen molar-refractivity contribution >= 4 is 0 Å². The molecule has 1 heterocycles. The number of aromatic amines is 1. The quantitative estimate of drug-likeness (QED) is 0.677. The van der Waals surface area contributed by atoms with Gasteiger partial charge in [0, 0.05) is 18.8 Å². The predicted molar refractivity (Wildman–Crippen MR) is 60.7 cm³/mol. The average Bonchev–Trinajstić information content (AvgIpc) is 2.69. The van der Waals surface area contributed by atoms with Gasteiger partial charge < -0.3 is 10.1 Å². The maximum Gasteiger partial charge on any atom is 0.0518 e. The van der Waals surface area contributed by atoms with Gasteiger partial charge in [-0.2, -0.15) is 5.10 Å². The van der Waals surface area contributed by atoms with Crippen LogP contribution in [0.4, 0.5) is 0 Å². The second kappa shape index (κ2) is 6.58. The van der Waals surface area contributed by atoms with Crippen molar-refractivity contribution in [3.63, 3.8) is 0 Å². The Balaban J connectivity index is 2.05. The van der Waals surface area contributed by atoms with Crippen LogP contribution in [0.2, 0.25) is 0 Å². The molecule has 0 aliphatic carbocycles. The predicted octanol–water partition coefficient (Wildman–Crippen LogP) is 1.88. The Morgan fingerprint density at radius 3 is 2.87 bits per heavy atom. The summed E-state index contributed by atoms with van der Waals surface area (Å²) in [6.45, 7) is 8.02. The zero-order valence-corrected chi connectivity index (χ0v) is 9.79. The van der Waals surface area contributed by atoms with Crippen molar-refractivity contribution in [1.29, 1.82) is 0 Å². The summed E-state index contributed by atoms with van der Waals surface area (Å²) < 4.78 is 5.45. The average molecular weight is 211 g/mol. The molecule has 1 atom stereocenters. The summed E-state index contributed by atoms with van der Waals surface area (Å²) in [6, 6.07) is 2.31. The van der Waals surface area contributed by atoms with Crippen LogP contribution in [-0.4, -0.2) is 29.5 Å². The van der Waals surface area contributed by atoms with Crippen LogP contribution in [0.25, 0.3) is 0 Å². The standard InChI is InChI=1S/C11H21N3O/c1-9(2)15-8-4-6-12-10(3)11-5-7-13-14-11/h5,7,9-10,12H,4,6,8H2,1-3H3,(H,13,14). The molecule has 0 aromatic carbocycles. The molecule has 0 saturated carbocycles. The Labute approximate surface area is 91.4 Å². The molecule has 86 valence electrons. The van der Waals surface area contributed by atoms with E-state index in [-0.39, 0.29) is 0 Å². The first-order chi connectivity index (χ1) is 7.20. The lowest BCUT2D eigenvalue weighted by molar-refractivity contribution is 0.0767. The summed E-state index contributed by atoms with van der Waals surface area (Å²) in [6.07, 6.45) is 3.14. The fourth-order valence-corrected chi connectivity index (χ4v) is 1.33. The molecule has 1 rings (SSSR count). The minimum atomic E-state index is 0.326. The van der Waals surface area contributed by atoms with Crippen LogP contribution in [0.15, 0.2) is 12.3 Å². The SMILES string of the molecule is CC(C)OCCCNC(C)c1ccn[nH]1. The highest BCUT2D eigenvalue weighted by Crippen LogP contribution is 2.06. The molecule has 0 aliphatic rings. The Morgan fingerprint density at radius 2 is 2.27 bits per heavy atom. The van der Waals surface area contributed by atoms with Crippen LogP contribution in [0.1, 0.15) is 38.9 Å². The van der Waals surface area contributed by atoms with Crippen molar-refractivity contribution in [3.8, 4) is 0 Å². The maximum absolute atomic E-state index is 5.45. The molecule has 0 radical (unpaired) electrons. The molecule has 2 N–H and O–H groups in total. The summed E-state index contributed by atoms with van der Waals surface area (Å²) in [5, 5.41) is 10.3. The van der Waals surface area contributed by atoms with Crippen molar-refractivity contribution in [2.45, 2.75) is 39.3 Å². The van der Waals surface area contributed by atoms with E-state index in [9.17, 15) is 0 Å². The van der Waals surface area contributed by atoms with Gasteiger partial charge in [0.15, 0.2) is 0 Å². The van der Waals surface area contributed by atoms with E-state index >= 15 is 0 Å². The van der Waals surface area contributed by atoms with Gasteiger partial charge in [-0.05, 0) is 39.8 Å². The minimum Gasteiger partial charge on any atom is -0.379 e. The topological polar surface area (TPSA) is 49.9 Å². The van der Waals surface area contributed by atoms with E-state index in [4.69, 9.17) is 4.74 Å². The number of aromatic nitrogens is 2. The molecular weight excluding hydrogens is 190 g/mol. The Kier molecular flexibility index (Phi) is 5.36. The third-order valence-electron chi connectivity index (χ3n) is 2.21. The molecule has 1 aromatic rings. The molecule has 0 saturated heterocycles. The smallest absolute Gasteiger partial charge is 0.0518 e. The van der Waals surface area contributed by atoms with E-state index < -0.39 is 0 Å². The third-order valence-corrected chi connectivity index (χ3v) is 2.21. The van der Waals surface area contributed by atoms with Gasteiger partial charge in [-0.15, -0.1) is 0 Å². The molecule has 0 fully saturated rings. The van der Waals surface area contributed by atoms with Crippen molar-refractivity contribution in [2.75, 3.05) is 13.2 Å². The van der Waals surface area contributed by atoms with Gasteiger partial charge in [0.05, 0.1) is 11.8 Å². The fraction of sp³-hybridized carbons (Fsp3) is 0.727. The summed E-state index contributed by atoms with van der Waals surface area (Å²) >= 11 is 0. The lowest BCUT2D eigenvalue weighted by atomic mass is 10.2. The van der Waals surface area contributed by atoms with Crippen LogP contribution in [-0.2, 0) is 4.74 Å². The van der Waals surface area contributed by atoms with Crippen LogP contribution in [0.5, 0.6) is 0 Å². The highest BCUT2D eigenvalue weighted by molar-refractivity contribution is 5.02. The highest BCUT2D eigenvalue weighted by Gasteiger charge is 2.04. The van der Waals surface area contributed by atoms with Gasteiger partial charge in [0.2, 0.25) is 0 Å². The van der Waals surface area contributed by atoms with Gasteiger partial charge in [0.25, 0.3) is 0 Å². The highest BCUT2D eigenvalue weighted by atomic mass is 16.5. The number of ether oxygens (including phenoxy) is 1. The second-order valence-corrected chi connectivity index (χ2v) is 3.96. The van der Waals surface area contributed by atoms with E-state index in [0.29, 0.717) is 12.1 Å². The van der Waals surface area contributed by atoms with E-state index in [2.05, 4.69) is 36.3 Å². The lowest BCUT2D eigenvalue weighted by Gasteiger charge is -2.12. The van der Waals surface area contributed by atoms with E-state index in [0.717, 1.165) is 25.3 Å². The molecular formula is C11H21N3O. The molecule has 15 heavy (non-hydrogen) atoms. The number of nitrogens with one attached hydrogen (secondary N) is 2. The molecule has 0 bridgehead atoms. The summed E-state index contributed by atoms with van der Waals surface area (Å²) in [5.74, 6) is 0. The van der Waals surface area contributed by atoms with Crippen molar-refractivity contribution in [3.05, 3.63) is 18.0 Å². The molecule has 4 heteroatoms. The van der Waals surface area contributed by atoms with Crippen molar-refractivity contribution in [2.24, 2.45) is 0 Å². The molecule has 0 spiro atoms. The van der Waals surface area contributed by atoms with Crippen LogP contribution in [0, 0.1) is 0 Å². The molecule has 1 aromatic heterocycles. The van der Waals surface area contributed by atoms with E-state index in [1.54, 1.807) is 6.20 Å². The summed E-state index contributed by atoms with van der Waals surface area (Å²) in [4.78, 5) is 0. The van der Waals surface area contributed by atoms with Gasteiger partial charge in [-0.1, -0.05) is 0 Å². The third kappa shape index (κ3) is 4.95. The first-order valence-corrected chi connectivity index (χ1v) is 5.54. The van der Waals surface area contributed by atoms with E-state index in [1.807, 2.05) is 6.07 Å². The van der Waals surface area contributed by atoms with Crippen LogP contribution >= 0.6 is 0 Å². The normalized spacial score (nSPS) is 13.3. The minimum absolute atomic E-state index is 0.326. The number of hydrogen-bond donors (Lipinski definition) is 2. The maximum atomic E-state index is 5.45. The molecule has 4 nitrogen and oxygen atoms in total. The molecule has 0 aliphatic heterocycles. The zero-order chi connectivity index (χ0) is 11.1.